The van der Waals surface area contributed by atoms with E-state index in [1.807, 2.05) is 6.33 Å². The summed E-state index contributed by atoms with van der Waals surface area (Å²) in [6.45, 7) is 3.91. The summed E-state index contributed by atoms with van der Waals surface area (Å²) in [5.41, 5.74) is 5.97. The molecule has 0 radical (unpaired) electrons. The molecule has 6 rings (SSSR count). The molecule has 0 amide bonds. The lowest BCUT2D eigenvalue weighted by atomic mass is 9.71. The summed E-state index contributed by atoms with van der Waals surface area (Å²) in [5, 5.41) is 0. The fourth-order valence-electron chi connectivity index (χ4n) is 5.76. The van der Waals surface area contributed by atoms with E-state index >= 15 is 0 Å². The van der Waals surface area contributed by atoms with E-state index in [0.29, 0.717) is 11.8 Å². The number of benzene rings is 1. The zero-order valence-electron chi connectivity index (χ0n) is 18.4. The van der Waals surface area contributed by atoms with Crippen molar-refractivity contribution in [3.8, 4) is 5.75 Å². The first-order valence-corrected chi connectivity index (χ1v) is 12.0. The van der Waals surface area contributed by atoms with Crippen LogP contribution in [0.5, 0.6) is 5.75 Å². The lowest BCUT2D eigenvalue weighted by Gasteiger charge is -2.34. The molecule has 1 unspecified atom stereocenters. The molecule has 1 atom stereocenters. The van der Waals surface area contributed by atoms with Gasteiger partial charge in [-0.3, -0.25) is 0 Å². The number of aromatic nitrogens is 2. The van der Waals surface area contributed by atoms with Crippen molar-refractivity contribution in [1.29, 1.82) is 0 Å². The Bertz CT molecular complexity index is 1040. The molecule has 0 spiro atoms. The average Bonchev–Trinajstić information content (AvgIpc) is 3.52. The van der Waals surface area contributed by atoms with Gasteiger partial charge in [0.1, 0.15) is 11.9 Å². The van der Waals surface area contributed by atoms with Crippen LogP contribution < -0.4 is 4.74 Å². The normalized spacial score (nSPS) is 25.3. The third-order valence-corrected chi connectivity index (χ3v) is 7.88. The molecule has 1 saturated heterocycles. The Morgan fingerprint density at radius 2 is 1.71 bits per heavy atom. The molecular weight excluding hydrogens is 384 g/mol. The van der Waals surface area contributed by atoms with Gasteiger partial charge in [-0.15, -0.1) is 0 Å². The SMILES string of the molecule is CC(c1c(C2CC2)ccn2cncc12)C1CCC(c2ccc(OC3COC3)cc2)CC1. The Labute approximate surface area is 184 Å². The van der Waals surface area contributed by atoms with E-state index in [4.69, 9.17) is 9.47 Å². The quantitative estimate of drug-likeness (QED) is 0.489. The molecule has 3 heterocycles. The lowest BCUT2D eigenvalue weighted by molar-refractivity contribution is -0.0796. The van der Waals surface area contributed by atoms with E-state index in [1.54, 1.807) is 11.1 Å². The summed E-state index contributed by atoms with van der Waals surface area (Å²) in [6, 6.07) is 11.2. The van der Waals surface area contributed by atoms with Crippen molar-refractivity contribution in [3.63, 3.8) is 0 Å². The van der Waals surface area contributed by atoms with Crippen LogP contribution >= 0.6 is 0 Å². The topological polar surface area (TPSA) is 35.8 Å². The van der Waals surface area contributed by atoms with Crippen LogP contribution in [-0.2, 0) is 4.74 Å². The second-order valence-corrected chi connectivity index (χ2v) is 9.89. The number of hydrogen-bond acceptors (Lipinski definition) is 3. The molecule has 3 fully saturated rings. The highest BCUT2D eigenvalue weighted by Gasteiger charge is 2.33. The Hall–Kier alpha value is -2.33. The molecule has 0 bridgehead atoms. The maximum atomic E-state index is 5.92. The Morgan fingerprint density at radius 3 is 2.39 bits per heavy atom. The second-order valence-electron chi connectivity index (χ2n) is 9.89. The van der Waals surface area contributed by atoms with Crippen molar-refractivity contribution in [2.24, 2.45) is 5.92 Å². The summed E-state index contributed by atoms with van der Waals surface area (Å²) in [6.07, 6.45) is 14.4. The second kappa shape index (κ2) is 7.98. The smallest absolute Gasteiger partial charge is 0.145 e. The zero-order chi connectivity index (χ0) is 20.8. The summed E-state index contributed by atoms with van der Waals surface area (Å²) in [5.74, 6) is 3.79. The van der Waals surface area contributed by atoms with E-state index in [1.165, 1.54) is 49.6 Å². The van der Waals surface area contributed by atoms with Crippen molar-refractivity contribution < 1.29 is 9.47 Å². The van der Waals surface area contributed by atoms with E-state index in [9.17, 15) is 0 Å². The first kappa shape index (κ1) is 19.4. The van der Waals surface area contributed by atoms with Crippen molar-refractivity contribution in [2.45, 2.75) is 69.3 Å². The lowest BCUT2D eigenvalue weighted by Crippen LogP contribution is -2.38. The average molecular weight is 417 g/mol. The van der Waals surface area contributed by atoms with Gasteiger partial charge in [-0.05, 0) is 97.1 Å². The number of ether oxygens (including phenoxy) is 2. The standard InChI is InChI=1S/C27H32N2O2/c1-18(27-25(22-6-7-22)12-13-29-17-28-14-26(27)29)19-2-4-20(5-3-19)21-8-10-23(11-9-21)31-24-15-30-16-24/h8-14,17-20,22,24H,2-7,15-16H2,1H3. The molecule has 3 aliphatic rings. The van der Waals surface area contributed by atoms with Crippen molar-refractivity contribution in [3.05, 3.63) is 65.7 Å². The first-order chi connectivity index (χ1) is 15.3. The van der Waals surface area contributed by atoms with Gasteiger partial charge in [0.25, 0.3) is 0 Å². The molecule has 3 aromatic rings. The number of pyridine rings is 1. The molecule has 2 aliphatic carbocycles. The van der Waals surface area contributed by atoms with Gasteiger partial charge in [-0.25, -0.2) is 4.98 Å². The number of imidazole rings is 1. The molecule has 4 nitrogen and oxygen atoms in total. The van der Waals surface area contributed by atoms with E-state index in [2.05, 4.69) is 59.0 Å². The summed E-state index contributed by atoms with van der Waals surface area (Å²) >= 11 is 0. The van der Waals surface area contributed by atoms with E-state index < -0.39 is 0 Å². The minimum Gasteiger partial charge on any atom is -0.486 e. The maximum Gasteiger partial charge on any atom is 0.145 e. The van der Waals surface area contributed by atoms with Gasteiger partial charge in [0.2, 0.25) is 0 Å². The Kier molecular flexibility index (Phi) is 4.98. The number of nitrogens with zero attached hydrogens (tertiary/aromatic N) is 2. The van der Waals surface area contributed by atoms with Crippen LogP contribution in [-0.4, -0.2) is 28.7 Å². The Balaban J connectivity index is 1.14. The molecule has 1 aliphatic heterocycles. The largest absolute Gasteiger partial charge is 0.486 e. The third-order valence-electron chi connectivity index (χ3n) is 7.88. The minimum atomic E-state index is 0.239. The van der Waals surface area contributed by atoms with Gasteiger partial charge in [-0.2, -0.15) is 0 Å². The highest BCUT2D eigenvalue weighted by molar-refractivity contribution is 5.60. The zero-order valence-corrected chi connectivity index (χ0v) is 18.4. The van der Waals surface area contributed by atoms with Gasteiger partial charge >= 0.3 is 0 Å². The summed E-state index contributed by atoms with van der Waals surface area (Å²) in [4.78, 5) is 4.44. The van der Waals surface area contributed by atoms with Crippen LogP contribution in [0.1, 0.15) is 79.9 Å². The molecule has 31 heavy (non-hydrogen) atoms. The molecule has 0 N–H and O–H groups in total. The van der Waals surface area contributed by atoms with Gasteiger partial charge in [0, 0.05) is 6.20 Å². The summed E-state index contributed by atoms with van der Waals surface area (Å²) in [7, 11) is 0. The van der Waals surface area contributed by atoms with Gasteiger partial charge in [0.15, 0.2) is 0 Å². The van der Waals surface area contributed by atoms with Gasteiger partial charge < -0.3 is 13.9 Å². The van der Waals surface area contributed by atoms with Crippen molar-refractivity contribution in [1.82, 2.24) is 9.38 Å². The molecule has 162 valence electrons. The Morgan fingerprint density at radius 1 is 0.968 bits per heavy atom. The van der Waals surface area contributed by atoms with Crippen LogP contribution in [0.15, 0.2) is 49.1 Å². The third kappa shape index (κ3) is 3.76. The molecule has 2 aromatic heterocycles. The monoisotopic (exact) mass is 416 g/mol. The van der Waals surface area contributed by atoms with Crippen molar-refractivity contribution in [2.75, 3.05) is 13.2 Å². The van der Waals surface area contributed by atoms with Gasteiger partial charge in [0.05, 0.1) is 31.3 Å². The first-order valence-electron chi connectivity index (χ1n) is 12.0. The molecule has 1 aromatic carbocycles. The molecule has 4 heteroatoms. The van der Waals surface area contributed by atoms with Crippen LogP contribution in [0.2, 0.25) is 0 Å². The van der Waals surface area contributed by atoms with E-state index in [-0.39, 0.29) is 6.10 Å². The fraction of sp³-hybridized carbons (Fsp3) is 0.519. The van der Waals surface area contributed by atoms with E-state index in [0.717, 1.165) is 30.8 Å². The molecular formula is C27H32N2O2. The highest BCUT2D eigenvalue weighted by atomic mass is 16.6. The number of hydrogen-bond donors (Lipinski definition) is 0. The minimum absolute atomic E-state index is 0.239. The number of fused-ring (bicyclic) bond motifs is 1. The number of rotatable bonds is 6. The van der Waals surface area contributed by atoms with Crippen LogP contribution in [0, 0.1) is 5.92 Å². The van der Waals surface area contributed by atoms with Crippen LogP contribution in [0.4, 0.5) is 0 Å². The predicted octanol–water partition coefficient (Wildman–Crippen LogP) is 6.07. The molecule has 2 saturated carbocycles. The predicted molar refractivity (Wildman–Crippen MR) is 122 cm³/mol. The van der Waals surface area contributed by atoms with Crippen LogP contribution in [0.3, 0.4) is 0 Å². The van der Waals surface area contributed by atoms with Gasteiger partial charge in [-0.1, -0.05) is 19.1 Å². The maximum absolute atomic E-state index is 5.92. The van der Waals surface area contributed by atoms with Crippen molar-refractivity contribution >= 4 is 5.52 Å². The summed E-state index contributed by atoms with van der Waals surface area (Å²) < 4.78 is 13.3. The highest BCUT2D eigenvalue weighted by Crippen LogP contribution is 2.48. The van der Waals surface area contributed by atoms with Crippen LogP contribution in [0.25, 0.3) is 5.52 Å². The fourth-order valence-corrected chi connectivity index (χ4v) is 5.76.